The molecule has 2 rings (SSSR count). The minimum absolute atomic E-state index is 0.555. The van der Waals surface area contributed by atoms with E-state index in [0.717, 1.165) is 11.1 Å². The van der Waals surface area contributed by atoms with Crippen LogP contribution in [0.5, 0.6) is 0 Å². The topological polar surface area (TPSA) is 49.8 Å². The van der Waals surface area contributed by atoms with Gasteiger partial charge in [0.1, 0.15) is 6.07 Å². The number of benzene rings is 2. The number of nitriles is 1. The number of hydrogen-bond acceptors (Lipinski definition) is 2. The number of allylic oxidation sites excluding steroid dienone is 2. The van der Waals surface area contributed by atoms with Gasteiger partial charge in [-0.3, -0.25) is 0 Å². The Hall–Kier alpha value is -2.53. The highest BCUT2D eigenvalue weighted by molar-refractivity contribution is 5.79. The maximum Gasteiger partial charge on any atom is 0.102 e. The molecule has 0 saturated heterocycles. The fourth-order valence-electron chi connectivity index (χ4n) is 1.83. The van der Waals surface area contributed by atoms with Gasteiger partial charge in [0.2, 0.25) is 0 Å². The van der Waals surface area contributed by atoms with Crippen molar-refractivity contribution in [3.05, 3.63) is 77.5 Å². The molecule has 0 aliphatic heterocycles. The van der Waals surface area contributed by atoms with Gasteiger partial charge in [-0.1, -0.05) is 60.7 Å². The van der Waals surface area contributed by atoms with Crippen LogP contribution in [0, 0.1) is 11.3 Å². The summed E-state index contributed by atoms with van der Waals surface area (Å²) in [5.74, 6) is 0. The number of nitrogens with two attached hydrogens (primary N) is 1. The first-order chi connectivity index (χ1) is 8.81. The molecule has 0 saturated carbocycles. The molecule has 2 nitrogen and oxygen atoms in total. The third kappa shape index (κ3) is 2.78. The first-order valence-electron chi connectivity index (χ1n) is 5.79. The molecule has 2 aromatic rings. The third-order valence-corrected chi connectivity index (χ3v) is 2.73. The van der Waals surface area contributed by atoms with Gasteiger partial charge in [-0.2, -0.15) is 5.26 Å². The molecule has 0 aliphatic rings. The van der Waals surface area contributed by atoms with Crippen molar-refractivity contribution in [1.29, 1.82) is 5.26 Å². The summed E-state index contributed by atoms with van der Waals surface area (Å²) in [6.07, 6.45) is 0.596. The molecular formula is C16H14N2. The van der Waals surface area contributed by atoms with Crippen molar-refractivity contribution < 1.29 is 0 Å². The van der Waals surface area contributed by atoms with Crippen molar-refractivity contribution in [1.82, 2.24) is 0 Å². The quantitative estimate of drug-likeness (QED) is 0.829. The van der Waals surface area contributed by atoms with E-state index in [1.807, 2.05) is 60.7 Å². The van der Waals surface area contributed by atoms with Crippen molar-refractivity contribution in [2.75, 3.05) is 0 Å². The van der Waals surface area contributed by atoms with E-state index in [0.29, 0.717) is 17.7 Å². The Morgan fingerprint density at radius 3 is 2.06 bits per heavy atom. The fraction of sp³-hybridized carbons (Fsp3) is 0.0625. The van der Waals surface area contributed by atoms with Crippen molar-refractivity contribution in [2.24, 2.45) is 5.73 Å². The highest BCUT2D eigenvalue weighted by Gasteiger charge is 2.06. The molecule has 0 fully saturated rings. The van der Waals surface area contributed by atoms with E-state index in [1.165, 1.54) is 0 Å². The Kier molecular flexibility index (Phi) is 3.78. The number of hydrogen-bond donors (Lipinski definition) is 1. The maximum absolute atomic E-state index is 9.24. The van der Waals surface area contributed by atoms with Crippen molar-refractivity contribution in [2.45, 2.75) is 6.42 Å². The predicted octanol–water partition coefficient (Wildman–Crippen LogP) is 3.12. The highest BCUT2D eigenvalue weighted by Crippen LogP contribution is 2.17. The van der Waals surface area contributed by atoms with Gasteiger partial charge >= 0.3 is 0 Å². The van der Waals surface area contributed by atoms with Gasteiger partial charge < -0.3 is 5.73 Å². The van der Waals surface area contributed by atoms with E-state index >= 15 is 0 Å². The van der Waals surface area contributed by atoms with Crippen LogP contribution in [-0.2, 0) is 6.42 Å². The van der Waals surface area contributed by atoms with Gasteiger partial charge in [0.05, 0.1) is 5.57 Å². The zero-order valence-electron chi connectivity index (χ0n) is 10.0. The van der Waals surface area contributed by atoms with Crippen LogP contribution in [0.25, 0.3) is 5.57 Å². The van der Waals surface area contributed by atoms with Crippen LogP contribution in [-0.4, -0.2) is 0 Å². The van der Waals surface area contributed by atoms with Gasteiger partial charge in [-0.15, -0.1) is 0 Å². The van der Waals surface area contributed by atoms with Gasteiger partial charge in [0, 0.05) is 12.1 Å². The van der Waals surface area contributed by atoms with Gasteiger partial charge in [0.15, 0.2) is 0 Å². The van der Waals surface area contributed by atoms with E-state index in [1.54, 1.807) is 0 Å². The lowest BCUT2D eigenvalue weighted by molar-refractivity contribution is 1.12. The van der Waals surface area contributed by atoms with E-state index in [4.69, 9.17) is 5.73 Å². The standard InChI is InChI=1S/C16H14N2/c17-12-15(14-9-5-2-6-10-14)16(18)11-13-7-3-1-4-8-13/h1-10H,11,18H2/b16-15-. The molecular weight excluding hydrogens is 220 g/mol. The molecule has 0 bridgehead atoms. The van der Waals surface area contributed by atoms with Gasteiger partial charge in [-0.25, -0.2) is 0 Å². The largest absolute Gasteiger partial charge is 0.401 e. The summed E-state index contributed by atoms with van der Waals surface area (Å²) in [6.45, 7) is 0. The molecule has 2 heteroatoms. The molecule has 0 aromatic heterocycles. The van der Waals surface area contributed by atoms with Crippen LogP contribution in [0.4, 0.5) is 0 Å². The zero-order chi connectivity index (χ0) is 12.8. The van der Waals surface area contributed by atoms with E-state index in [9.17, 15) is 5.26 Å². The summed E-state index contributed by atoms with van der Waals surface area (Å²) in [6, 6.07) is 21.6. The fourth-order valence-corrected chi connectivity index (χ4v) is 1.83. The summed E-state index contributed by atoms with van der Waals surface area (Å²) in [5.41, 5.74) is 9.19. The lowest BCUT2D eigenvalue weighted by Gasteiger charge is -2.06. The van der Waals surface area contributed by atoms with Gasteiger partial charge in [0.25, 0.3) is 0 Å². The molecule has 0 heterocycles. The zero-order valence-corrected chi connectivity index (χ0v) is 10.0. The first kappa shape index (κ1) is 11.9. The van der Waals surface area contributed by atoms with Crippen molar-refractivity contribution >= 4 is 5.57 Å². The van der Waals surface area contributed by atoms with Gasteiger partial charge in [-0.05, 0) is 11.1 Å². The predicted molar refractivity (Wildman–Crippen MR) is 73.3 cm³/mol. The monoisotopic (exact) mass is 234 g/mol. The molecule has 0 unspecified atom stereocenters. The van der Waals surface area contributed by atoms with Crippen molar-refractivity contribution in [3.63, 3.8) is 0 Å². The molecule has 0 spiro atoms. The number of rotatable bonds is 3. The van der Waals surface area contributed by atoms with Crippen LogP contribution >= 0.6 is 0 Å². The normalized spacial score (nSPS) is 11.5. The Bertz CT molecular complexity index is 577. The second kappa shape index (κ2) is 5.70. The van der Waals surface area contributed by atoms with E-state index in [-0.39, 0.29) is 0 Å². The van der Waals surface area contributed by atoms with Crippen LogP contribution in [0.1, 0.15) is 11.1 Å². The Balaban J connectivity index is 2.31. The molecule has 2 aromatic carbocycles. The summed E-state index contributed by atoms with van der Waals surface area (Å²) in [5, 5.41) is 9.24. The third-order valence-electron chi connectivity index (χ3n) is 2.73. The first-order valence-corrected chi connectivity index (χ1v) is 5.79. The molecule has 0 radical (unpaired) electrons. The molecule has 18 heavy (non-hydrogen) atoms. The maximum atomic E-state index is 9.24. The van der Waals surface area contributed by atoms with Crippen LogP contribution < -0.4 is 5.73 Å². The average Bonchev–Trinajstić information content (AvgIpc) is 2.42. The molecule has 0 aliphatic carbocycles. The Labute approximate surface area is 107 Å². The smallest absolute Gasteiger partial charge is 0.102 e. The minimum atomic E-state index is 0.555. The van der Waals surface area contributed by atoms with E-state index < -0.39 is 0 Å². The SMILES string of the molecule is N#C/C(=C(/N)Cc1ccccc1)c1ccccc1. The second-order valence-electron chi connectivity index (χ2n) is 4.04. The lowest BCUT2D eigenvalue weighted by atomic mass is 10.0. The molecule has 0 atom stereocenters. The van der Waals surface area contributed by atoms with Crippen LogP contribution in [0.3, 0.4) is 0 Å². The van der Waals surface area contributed by atoms with E-state index in [2.05, 4.69) is 6.07 Å². The second-order valence-corrected chi connectivity index (χ2v) is 4.04. The van der Waals surface area contributed by atoms with Crippen LogP contribution in [0.15, 0.2) is 66.4 Å². The summed E-state index contributed by atoms with van der Waals surface area (Å²) >= 11 is 0. The summed E-state index contributed by atoms with van der Waals surface area (Å²) in [4.78, 5) is 0. The minimum Gasteiger partial charge on any atom is -0.401 e. The molecule has 0 amide bonds. The highest BCUT2D eigenvalue weighted by atomic mass is 14.6. The number of nitrogens with zero attached hydrogens (tertiary/aromatic N) is 1. The molecule has 2 N–H and O–H groups in total. The summed E-state index contributed by atoms with van der Waals surface area (Å²) < 4.78 is 0. The molecule has 88 valence electrons. The van der Waals surface area contributed by atoms with Crippen molar-refractivity contribution in [3.8, 4) is 6.07 Å². The Morgan fingerprint density at radius 1 is 0.944 bits per heavy atom. The average molecular weight is 234 g/mol. The summed E-state index contributed by atoms with van der Waals surface area (Å²) in [7, 11) is 0. The van der Waals surface area contributed by atoms with Crippen LogP contribution in [0.2, 0.25) is 0 Å². The lowest BCUT2D eigenvalue weighted by Crippen LogP contribution is -2.05. The Morgan fingerprint density at radius 2 is 1.50 bits per heavy atom.